The van der Waals surface area contributed by atoms with Crippen LogP contribution in [0.1, 0.15) is 11.3 Å². The van der Waals surface area contributed by atoms with E-state index in [9.17, 15) is 12.8 Å². The van der Waals surface area contributed by atoms with Crippen LogP contribution in [-0.2, 0) is 16.6 Å². The molecule has 2 aromatic rings. The topological polar surface area (TPSA) is 50.5 Å². The third kappa shape index (κ3) is 2.85. The quantitative estimate of drug-likeness (QED) is 0.866. The fraction of sp³-hybridized carbons (Fsp3) is 0.231. The minimum Gasteiger partial charge on any atom is -0.468 e. The zero-order valence-electron chi connectivity index (χ0n) is 10.6. The Balaban J connectivity index is 2.28. The molecule has 0 spiro atoms. The Morgan fingerprint density at radius 2 is 2.05 bits per heavy atom. The van der Waals surface area contributed by atoms with Crippen LogP contribution in [0.3, 0.4) is 0 Å². The van der Waals surface area contributed by atoms with Crippen LogP contribution in [0.2, 0.25) is 0 Å². The molecule has 0 bridgehead atoms. The van der Waals surface area contributed by atoms with Crippen molar-refractivity contribution >= 4 is 10.0 Å². The minimum absolute atomic E-state index is 0.0699. The van der Waals surface area contributed by atoms with Crippen LogP contribution in [0.4, 0.5) is 4.39 Å². The van der Waals surface area contributed by atoms with Crippen LogP contribution in [0.15, 0.2) is 45.9 Å². The van der Waals surface area contributed by atoms with Gasteiger partial charge < -0.3 is 4.42 Å². The molecule has 102 valence electrons. The number of rotatable bonds is 4. The zero-order valence-corrected chi connectivity index (χ0v) is 11.4. The van der Waals surface area contributed by atoms with Gasteiger partial charge in [-0.2, -0.15) is 4.31 Å². The van der Waals surface area contributed by atoms with E-state index in [0.29, 0.717) is 11.3 Å². The van der Waals surface area contributed by atoms with Crippen LogP contribution >= 0.6 is 0 Å². The molecule has 0 N–H and O–H groups in total. The highest BCUT2D eigenvalue weighted by atomic mass is 32.2. The Kier molecular flexibility index (Phi) is 3.73. The molecular formula is C13H14FNO3S. The van der Waals surface area contributed by atoms with Crippen molar-refractivity contribution in [3.63, 3.8) is 0 Å². The molecule has 0 aliphatic rings. The van der Waals surface area contributed by atoms with Crippen molar-refractivity contribution in [1.82, 2.24) is 4.31 Å². The molecule has 0 unspecified atom stereocenters. The van der Waals surface area contributed by atoms with Gasteiger partial charge in [0.15, 0.2) is 0 Å². The second kappa shape index (κ2) is 5.14. The fourth-order valence-electron chi connectivity index (χ4n) is 1.66. The molecule has 0 fully saturated rings. The molecule has 1 heterocycles. The highest BCUT2D eigenvalue weighted by Crippen LogP contribution is 2.19. The number of hydrogen-bond acceptors (Lipinski definition) is 3. The molecule has 2 rings (SSSR count). The first-order chi connectivity index (χ1) is 8.91. The lowest BCUT2D eigenvalue weighted by molar-refractivity contribution is 0.406. The fourth-order valence-corrected chi connectivity index (χ4v) is 2.89. The van der Waals surface area contributed by atoms with E-state index < -0.39 is 15.8 Å². The number of aryl methyl sites for hydroxylation is 1. The van der Waals surface area contributed by atoms with Crippen molar-refractivity contribution in [2.24, 2.45) is 0 Å². The molecule has 4 nitrogen and oxygen atoms in total. The van der Waals surface area contributed by atoms with E-state index in [1.54, 1.807) is 12.1 Å². The lowest BCUT2D eigenvalue weighted by Crippen LogP contribution is -2.26. The second-order valence-corrected chi connectivity index (χ2v) is 6.30. The molecule has 6 heteroatoms. The van der Waals surface area contributed by atoms with Crippen LogP contribution in [0.5, 0.6) is 0 Å². The number of furan rings is 1. The zero-order chi connectivity index (χ0) is 14.0. The lowest BCUT2D eigenvalue weighted by Gasteiger charge is -2.16. The molecule has 0 aliphatic carbocycles. The number of nitrogens with zero attached hydrogens (tertiary/aromatic N) is 1. The molecular weight excluding hydrogens is 269 g/mol. The summed E-state index contributed by atoms with van der Waals surface area (Å²) < 4.78 is 44.0. The Bertz CT molecular complexity index is 665. The Morgan fingerprint density at radius 1 is 1.32 bits per heavy atom. The third-order valence-corrected chi connectivity index (χ3v) is 4.60. The molecule has 0 saturated heterocycles. The van der Waals surface area contributed by atoms with Crippen LogP contribution < -0.4 is 0 Å². The van der Waals surface area contributed by atoms with Gasteiger partial charge >= 0.3 is 0 Å². The van der Waals surface area contributed by atoms with Gasteiger partial charge in [-0.05, 0) is 42.8 Å². The van der Waals surface area contributed by atoms with E-state index >= 15 is 0 Å². The number of benzene rings is 1. The van der Waals surface area contributed by atoms with Gasteiger partial charge in [0.2, 0.25) is 10.0 Å². The Labute approximate surface area is 111 Å². The largest absolute Gasteiger partial charge is 0.468 e. The van der Waals surface area contributed by atoms with Crippen molar-refractivity contribution in [1.29, 1.82) is 0 Å². The summed E-state index contributed by atoms with van der Waals surface area (Å²) in [6.07, 6.45) is 1.48. The van der Waals surface area contributed by atoms with E-state index in [4.69, 9.17) is 4.42 Å². The monoisotopic (exact) mass is 283 g/mol. The molecule has 0 radical (unpaired) electrons. The Hall–Kier alpha value is -1.66. The van der Waals surface area contributed by atoms with Crippen molar-refractivity contribution in [2.45, 2.75) is 18.4 Å². The average Bonchev–Trinajstić information content (AvgIpc) is 2.85. The maximum Gasteiger partial charge on any atom is 0.243 e. The van der Waals surface area contributed by atoms with Crippen molar-refractivity contribution in [3.05, 3.63) is 53.7 Å². The van der Waals surface area contributed by atoms with Gasteiger partial charge in [0, 0.05) is 7.05 Å². The van der Waals surface area contributed by atoms with E-state index in [2.05, 4.69) is 0 Å². The van der Waals surface area contributed by atoms with E-state index in [1.807, 2.05) is 0 Å². The maximum atomic E-state index is 13.2. The van der Waals surface area contributed by atoms with Crippen molar-refractivity contribution < 1.29 is 17.2 Å². The summed E-state index contributed by atoms with van der Waals surface area (Å²) in [6.45, 7) is 1.66. The predicted octanol–water partition coefficient (Wildman–Crippen LogP) is 2.55. The second-order valence-electron chi connectivity index (χ2n) is 4.25. The highest BCUT2D eigenvalue weighted by Gasteiger charge is 2.22. The molecule has 0 atom stereocenters. The SMILES string of the molecule is Cc1cc(S(=O)(=O)N(C)Cc2ccco2)ccc1F. The van der Waals surface area contributed by atoms with Gasteiger partial charge in [-0.3, -0.25) is 0 Å². The normalized spacial score (nSPS) is 12.0. The van der Waals surface area contributed by atoms with Gasteiger partial charge in [0.1, 0.15) is 11.6 Å². The van der Waals surface area contributed by atoms with Gasteiger partial charge in [0.25, 0.3) is 0 Å². The van der Waals surface area contributed by atoms with Crippen LogP contribution in [-0.4, -0.2) is 19.8 Å². The molecule has 0 amide bonds. The minimum atomic E-state index is -3.65. The number of hydrogen-bond donors (Lipinski definition) is 0. The molecule has 0 saturated carbocycles. The summed E-state index contributed by atoms with van der Waals surface area (Å²) in [5.41, 5.74) is 0.299. The predicted molar refractivity (Wildman–Crippen MR) is 68.5 cm³/mol. The summed E-state index contributed by atoms with van der Waals surface area (Å²) in [7, 11) is -2.19. The van der Waals surface area contributed by atoms with E-state index in [0.717, 1.165) is 6.07 Å². The molecule has 19 heavy (non-hydrogen) atoms. The van der Waals surface area contributed by atoms with E-state index in [1.165, 1.54) is 36.7 Å². The summed E-state index contributed by atoms with van der Waals surface area (Å²) in [4.78, 5) is 0.0699. The molecule has 1 aromatic heterocycles. The van der Waals surface area contributed by atoms with Crippen molar-refractivity contribution in [3.8, 4) is 0 Å². The highest BCUT2D eigenvalue weighted by molar-refractivity contribution is 7.89. The first-order valence-corrected chi connectivity index (χ1v) is 7.10. The van der Waals surface area contributed by atoms with Crippen LogP contribution in [0, 0.1) is 12.7 Å². The number of halogens is 1. The van der Waals surface area contributed by atoms with Gasteiger partial charge in [0.05, 0.1) is 17.7 Å². The average molecular weight is 283 g/mol. The van der Waals surface area contributed by atoms with Crippen LogP contribution in [0.25, 0.3) is 0 Å². The summed E-state index contributed by atoms with van der Waals surface area (Å²) in [5, 5.41) is 0. The summed E-state index contributed by atoms with van der Waals surface area (Å²) >= 11 is 0. The standard InChI is InChI=1S/C13H14FNO3S/c1-10-8-12(5-6-13(10)14)19(16,17)15(2)9-11-4-3-7-18-11/h3-8H,9H2,1-2H3. The third-order valence-electron chi connectivity index (χ3n) is 2.80. The summed E-state index contributed by atoms with van der Waals surface area (Å²) in [6, 6.07) is 7.13. The molecule has 0 aliphatic heterocycles. The smallest absolute Gasteiger partial charge is 0.243 e. The number of sulfonamides is 1. The maximum absolute atomic E-state index is 13.2. The van der Waals surface area contributed by atoms with Gasteiger partial charge in [-0.15, -0.1) is 0 Å². The summed E-state index contributed by atoms with van der Waals surface area (Å²) in [5.74, 6) is 0.123. The van der Waals surface area contributed by atoms with Crippen molar-refractivity contribution in [2.75, 3.05) is 7.05 Å². The Morgan fingerprint density at radius 3 is 2.63 bits per heavy atom. The van der Waals surface area contributed by atoms with Gasteiger partial charge in [-0.1, -0.05) is 0 Å². The molecule has 1 aromatic carbocycles. The van der Waals surface area contributed by atoms with Gasteiger partial charge in [-0.25, -0.2) is 12.8 Å². The first kappa shape index (κ1) is 13.8. The van der Waals surface area contributed by atoms with E-state index in [-0.39, 0.29) is 11.4 Å². The lowest BCUT2D eigenvalue weighted by atomic mass is 10.2. The first-order valence-electron chi connectivity index (χ1n) is 5.66.